The van der Waals surface area contributed by atoms with Gasteiger partial charge in [-0.15, -0.1) is 0 Å². The fourth-order valence-corrected chi connectivity index (χ4v) is 2.81. The van der Waals surface area contributed by atoms with Crippen LogP contribution in [-0.2, 0) is 0 Å². The van der Waals surface area contributed by atoms with E-state index in [2.05, 4.69) is 39.5 Å². The molecule has 0 aromatic carbocycles. The van der Waals surface area contributed by atoms with Crippen molar-refractivity contribution in [3.63, 3.8) is 0 Å². The van der Waals surface area contributed by atoms with Crippen LogP contribution in [0.5, 0.6) is 0 Å². The topological polar surface area (TPSA) is 29.3 Å². The van der Waals surface area contributed by atoms with Gasteiger partial charge in [0.05, 0.1) is 0 Å². The minimum absolute atomic E-state index is 0.295. The SMILES string of the molecule is CC1(C)CCCN(C(CN)C(C)(C)C)CC1. The van der Waals surface area contributed by atoms with Gasteiger partial charge in [-0.1, -0.05) is 34.6 Å². The summed E-state index contributed by atoms with van der Waals surface area (Å²) < 4.78 is 0. The van der Waals surface area contributed by atoms with Gasteiger partial charge in [0, 0.05) is 12.6 Å². The molecule has 1 unspecified atom stereocenters. The van der Waals surface area contributed by atoms with Gasteiger partial charge in [-0.05, 0) is 43.2 Å². The van der Waals surface area contributed by atoms with E-state index in [1.54, 1.807) is 0 Å². The van der Waals surface area contributed by atoms with Crippen LogP contribution in [0.4, 0.5) is 0 Å². The van der Waals surface area contributed by atoms with Gasteiger partial charge >= 0.3 is 0 Å². The molecule has 1 heterocycles. The van der Waals surface area contributed by atoms with Crippen LogP contribution in [0.1, 0.15) is 53.9 Å². The van der Waals surface area contributed by atoms with E-state index in [0.717, 1.165) is 6.54 Å². The molecule has 0 aliphatic carbocycles. The molecule has 1 aliphatic rings. The van der Waals surface area contributed by atoms with Crippen molar-refractivity contribution in [3.8, 4) is 0 Å². The lowest BCUT2D eigenvalue weighted by molar-refractivity contribution is 0.105. The molecule has 1 fully saturated rings. The minimum Gasteiger partial charge on any atom is -0.329 e. The second-order valence-corrected chi connectivity index (χ2v) is 7.17. The van der Waals surface area contributed by atoms with Crippen molar-refractivity contribution in [2.24, 2.45) is 16.6 Å². The Kier molecular flexibility index (Phi) is 4.42. The van der Waals surface area contributed by atoms with Crippen LogP contribution in [0, 0.1) is 10.8 Å². The standard InChI is InChI=1S/C14H30N2/c1-13(2,3)12(11-15)16-9-6-7-14(4,5)8-10-16/h12H,6-11,15H2,1-5H3. The molecule has 0 spiro atoms. The molecule has 2 N–H and O–H groups in total. The van der Waals surface area contributed by atoms with Gasteiger partial charge < -0.3 is 5.73 Å². The summed E-state index contributed by atoms with van der Waals surface area (Å²) in [7, 11) is 0. The van der Waals surface area contributed by atoms with Gasteiger partial charge in [-0.3, -0.25) is 4.90 Å². The highest BCUT2D eigenvalue weighted by Gasteiger charge is 2.32. The summed E-state index contributed by atoms with van der Waals surface area (Å²) in [6.45, 7) is 14.9. The number of nitrogens with two attached hydrogens (primary N) is 1. The Hall–Kier alpha value is -0.0800. The summed E-state index contributed by atoms with van der Waals surface area (Å²) in [5.41, 5.74) is 6.78. The second-order valence-electron chi connectivity index (χ2n) is 7.17. The van der Waals surface area contributed by atoms with Crippen LogP contribution in [-0.4, -0.2) is 30.6 Å². The van der Waals surface area contributed by atoms with E-state index in [-0.39, 0.29) is 0 Å². The quantitative estimate of drug-likeness (QED) is 0.784. The second kappa shape index (κ2) is 5.05. The first-order valence-corrected chi connectivity index (χ1v) is 6.70. The monoisotopic (exact) mass is 226 g/mol. The summed E-state index contributed by atoms with van der Waals surface area (Å²) in [6.07, 6.45) is 3.98. The number of rotatable bonds is 2. The summed E-state index contributed by atoms with van der Waals surface area (Å²) in [5, 5.41) is 0. The zero-order chi connectivity index (χ0) is 12.4. The number of nitrogens with zero attached hydrogens (tertiary/aromatic N) is 1. The summed E-state index contributed by atoms with van der Waals surface area (Å²) in [6, 6.07) is 0.529. The summed E-state index contributed by atoms with van der Waals surface area (Å²) >= 11 is 0. The van der Waals surface area contributed by atoms with Crippen molar-refractivity contribution >= 4 is 0 Å². The molecule has 0 bridgehead atoms. The Balaban J connectivity index is 2.66. The van der Waals surface area contributed by atoms with Gasteiger partial charge in [0.1, 0.15) is 0 Å². The summed E-state index contributed by atoms with van der Waals surface area (Å²) in [4.78, 5) is 2.62. The molecular weight excluding hydrogens is 196 g/mol. The molecule has 1 aliphatic heterocycles. The maximum Gasteiger partial charge on any atom is 0.0266 e. The lowest BCUT2D eigenvalue weighted by atomic mass is 9.84. The Labute approximate surface area is 102 Å². The van der Waals surface area contributed by atoms with E-state index in [1.807, 2.05) is 0 Å². The molecule has 1 atom stereocenters. The van der Waals surface area contributed by atoms with Crippen molar-refractivity contribution in [1.29, 1.82) is 0 Å². The van der Waals surface area contributed by atoms with Crippen molar-refractivity contribution in [2.75, 3.05) is 19.6 Å². The molecule has 0 aromatic heterocycles. The van der Waals surface area contributed by atoms with Gasteiger partial charge in [-0.2, -0.15) is 0 Å². The van der Waals surface area contributed by atoms with Crippen molar-refractivity contribution in [3.05, 3.63) is 0 Å². The molecule has 0 saturated carbocycles. The van der Waals surface area contributed by atoms with Crippen LogP contribution in [0.3, 0.4) is 0 Å². The van der Waals surface area contributed by atoms with Crippen molar-refractivity contribution in [1.82, 2.24) is 4.90 Å². The number of likely N-dealkylation sites (tertiary alicyclic amines) is 1. The minimum atomic E-state index is 0.295. The van der Waals surface area contributed by atoms with Crippen LogP contribution < -0.4 is 5.73 Å². The first kappa shape index (κ1) is 14.0. The van der Waals surface area contributed by atoms with Gasteiger partial charge in [0.15, 0.2) is 0 Å². The van der Waals surface area contributed by atoms with Crippen molar-refractivity contribution in [2.45, 2.75) is 59.9 Å². The molecule has 0 aromatic rings. The Morgan fingerprint density at radius 1 is 1.19 bits per heavy atom. The van der Waals surface area contributed by atoms with Crippen LogP contribution in [0.2, 0.25) is 0 Å². The third kappa shape index (κ3) is 3.74. The lowest BCUT2D eigenvalue weighted by Gasteiger charge is -2.39. The number of hydrogen-bond acceptors (Lipinski definition) is 2. The fraction of sp³-hybridized carbons (Fsp3) is 1.00. The van der Waals surface area contributed by atoms with E-state index in [1.165, 1.54) is 32.4 Å². The highest BCUT2D eigenvalue weighted by atomic mass is 15.2. The summed E-state index contributed by atoms with van der Waals surface area (Å²) in [5.74, 6) is 0. The highest BCUT2D eigenvalue weighted by molar-refractivity contribution is 4.87. The van der Waals surface area contributed by atoms with Crippen molar-refractivity contribution < 1.29 is 0 Å². The largest absolute Gasteiger partial charge is 0.329 e. The first-order valence-electron chi connectivity index (χ1n) is 6.70. The molecular formula is C14H30N2. The van der Waals surface area contributed by atoms with Crippen LogP contribution >= 0.6 is 0 Å². The van der Waals surface area contributed by atoms with Gasteiger partial charge in [0.25, 0.3) is 0 Å². The average Bonchev–Trinajstić information content (AvgIpc) is 2.27. The molecule has 1 rings (SSSR count). The predicted octanol–water partition coefficient (Wildman–Crippen LogP) is 2.87. The van der Waals surface area contributed by atoms with E-state index in [0.29, 0.717) is 16.9 Å². The van der Waals surface area contributed by atoms with Gasteiger partial charge in [0.2, 0.25) is 0 Å². The highest BCUT2D eigenvalue weighted by Crippen LogP contribution is 2.33. The maximum atomic E-state index is 5.97. The molecule has 0 amide bonds. The Morgan fingerprint density at radius 2 is 1.81 bits per heavy atom. The zero-order valence-corrected chi connectivity index (χ0v) is 11.8. The molecule has 16 heavy (non-hydrogen) atoms. The molecule has 2 nitrogen and oxygen atoms in total. The molecule has 0 radical (unpaired) electrons. The first-order chi connectivity index (χ1) is 7.26. The smallest absolute Gasteiger partial charge is 0.0266 e. The van der Waals surface area contributed by atoms with E-state index in [9.17, 15) is 0 Å². The van der Waals surface area contributed by atoms with E-state index < -0.39 is 0 Å². The van der Waals surface area contributed by atoms with E-state index in [4.69, 9.17) is 5.73 Å². The Bertz CT molecular complexity index is 215. The third-order valence-corrected chi connectivity index (χ3v) is 4.04. The number of hydrogen-bond donors (Lipinski definition) is 1. The average molecular weight is 226 g/mol. The third-order valence-electron chi connectivity index (χ3n) is 4.04. The van der Waals surface area contributed by atoms with Crippen LogP contribution in [0.15, 0.2) is 0 Å². The molecule has 96 valence electrons. The molecule has 1 saturated heterocycles. The van der Waals surface area contributed by atoms with Gasteiger partial charge in [-0.25, -0.2) is 0 Å². The molecule has 2 heteroatoms. The van der Waals surface area contributed by atoms with E-state index >= 15 is 0 Å². The maximum absolute atomic E-state index is 5.97. The lowest BCUT2D eigenvalue weighted by Crippen LogP contribution is -2.49. The zero-order valence-electron chi connectivity index (χ0n) is 11.8. The fourth-order valence-electron chi connectivity index (χ4n) is 2.81. The Morgan fingerprint density at radius 3 is 2.31 bits per heavy atom. The normalized spacial score (nSPS) is 25.1. The predicted molar refractivity (Wildman–Crippen MR) is 71.5 cm³/mol. The van der Waals surface area contributed by atoms with Crippen LogP contribution in [0.25, 0.3) is 0 Å².